The average Bonchev–Trinajstić information content (AvgIpc) is 2.42. The van der Waals surface area contributed by atoms with Gasteiger partial charge >= 0.3 is 0 Å². The minimum Gasteiger partial charge on any atom is -0.395 e. The van der Waals surface area contributed by atoms with Gasteiger partial charge in [-0.15, -0.1) is 0 Å². The number of pyridine rings is 1. The standard InChI is InChI=1S/C14H23N3O/c1-12(11-18)16-14-4-7-17(8-5-14)10-13-3-2-6-15-9-13/h2-3,6,9,12,14,16,18H,4-5,7-8,10-11H2,1H3/t12-/m0/s1. The van der Waals surface area contributed by atoms with Crippen LogP contribution in [0.2, 0.25) is 0 Å². The molecule has 2 heterocycles. The fourth-order valence-corrected chi connectivity index (χ4v) is 2.46. The Morgan fingerprint density at radius 2 is 2.28 bits per heavy atom. The molecular formula is C14H23N3O. The van der Waals surface area contributed by atoms with E-state index < -0.39 is 0 Å². The quantitative estimate of drug-likeness (QED) is 0.818. The van der Waals surface area contributed by atoms with Crippen LogP contribution >= 0.6 is 0 Å². The van der Waals surface area contributed by atoms with Crippen LogP contribution in [-0.2, 0) is 6.54 Å². The second-order valence-corrected chi connectivity index (χ2v) is 5.16. The van der Waals surface area contributed by atoms with Gasteiger partial charge in [0.25, 0.3) is 0 Å². The number of hydrogen-bond donors (Lipinski definition) is 2. The summed E-state index contributed by atoms with van der Waals surface area (Å²) in [6, 6.07) is 4.88. The summed E-state index contributed by atoms with van der Waals surface area (Å²) in [7, 11) is 0. The molecule has 1 atom stereocenters. The molecule has 0 unspecified atom stereocenters. The first kappa shape index (κ1) is 13.5. The average molecular weight is 249 g/mol. The molecule has 1 aromatic heterocycles. The fraction of sp³-hybridized carbons (Fsp3) is 0.643. The van der Waals surface area contributed by atoms with E-state index in [1.54, 1.807) is 0 Å². The molecule has 2 N–H and O–H groups in total. The van der Waals surface area contributed by atoms with Crippen molar-refractivity contribution in [2.75, 3.05) is 19.7 Å². The first-order valence-electron chi connectivity index (χ1n) is 6.76. The SMILES string of the molecule is C[C@@H](CO)NC1CCN(Cc2cccnc2)CC1. The molecule has 0 bridgehead atoms. The van der Waals surface area contributed by atoms with Crippen LogP contribution in [0, 0.1) is 0 Å². The van der Waals surface area contributed by atoms with Crippen LogP contribution in [0.5, 0.6) is 0 Å². The molecule has 0 radical (unpaired) electrons. The van der Waals surface area contributed by atoms with Crippen molar-refractivity contribution in [2.24, 2.45) is 0 Å². The second-order valence-electron chi connectivity index (χ2n) is 5.16. The lowest BCUT2D eigenvalue weighted by atomic mass is 10.0. The van der Waals surface area contributed by atoms with Crippen LogP contribution in [0.3, 0.4) is 0 Å². The molecular weight excluding hydrogens is 226 g/mol. The van der Waals surface area contributed by atoms with E-state index in [-0.39, 0.29) is 12.6 Å². The monoisotopic (exact) mass is 249 g/mol. The minimum absolute atomic E-state index is 0.208. The molecule has 1 aliphatic heterocycles. The molecule has 100 valence electrons. The Labute approximate surface area is 109 Å². The Hall–Kier alpha value is -0.970. The predicted molar refractivity (Wildman–Crippen MR) is 72.2 cm³/mol. The van der Waals surface area contributed by atoms with Crippen LogP contribution in [0.1, 0.15) is 25.3 Å². The molecule has 0 amide bonds. The number of aliphatic hydroxyl groups excluding tert-OH is 1. The highest BCUT2D eigenvalue weighted by molar-refractivity contribution is 5.08. The highest BCUT2D eigenvalue weighted by Gasteiger charge is 2.20. The number of hydrogen-bond acceptors (Lipinski definition) is 4. The van der Waals surface area contributed by atoms with E-state index in [9.17, 15) is 0 Å². The van der Waals surface area contributed by atoms with Crippen molar-refractivity contribution in [1.82, 2.24) is 15.2 Å². The Balaban J connectivity index is 1.73. The first-order chi connectivity index (χ1) is 8.78. The van der Waals surface area contributed by atoms with Crippen molar-refractivity contribution in [1.29, 1.82) is 0 Å². The molecule has 1 aliphatic rings. The fourth-order valence-electron chi connectivity index (χ4n) is 2.46. The summed E-state index contributed by atoms with van der Waals surface area (Å²) in [4.78, 5) is 6.62. The van der Waals surface area contributed by atoms with Gasteiger partial charge in [-0.05, 0) is 44.5 Å². The zero-order valence-electron chi connectivity index (χ0n) is 11.0. The lowest BCUT2D eigenvalue weighted by Crippen LogP contribution is -2.46. The zero-order valence-corrected chi connectivity index (χ0v) is 11.0. The summed E-state index contributed by atoms with van der Waals surface area (Å²) in [5.41, 5.74) is 1.28. The van der Waals surface area contributed by atoms with Gasteiger partial charge in [0.15, 0.2) is 0 Å². The summed E-state index contributed by atoms with van der Waals surface area (Å²) < 4.78 is 0. The van der Waals surface area contributed by atoms with Gasteiger partial charge in [0, 0.05) is 31.0 Å². The zero-order chi connectivity index (χ0) is 12.8. The predicted octanol–water partition coefficient (Wildman–Crippen LogP) is 1.02. The number of aliphatic hydroxyl groups is 1. The van der Waals surface area contributed by atoms with Gasteiger partial charge in [0.05, 0.1) is 6.61 Å². The van der Waals surface area contributed by atoms with Crippen LogP contribution in [0.25, 0.3) is 0 Å². The third-order valence-corrected chi connectivity index (χ3v) is 3.51. The van der Waals surface area contributed by atoms with Gasteiger partial charge in [-0.25, -0.2) is 0 Å². The van der Waals surface area contributed by atoms with Crippen LogP contribution < -0.4 is 5.32 Å². The maximum atomic E-state index is 9.03. The van der Waals surface area contributed by atoms with Gasteiger partial charge in [-0.2, -0.15) is 0 Å². The molecule has 0 spiro atoms. The van der Waals surface area contributed by atoms with Gasteiger partial charge in [0.2, 0.25) is 0 Å². The Morgan fingerprint density at radius 3 is 2.89 bits per heavy atom. The van der Waals surface area contributed by atoms with Crippen molar-refractivity contribution in [3.8, 4) is 0 Å². The summed E-state index contributed by atoms with van der Waals surface area (Å²) in [5.74, 6) is 0. The summed E-state index contributed by atoms with van der Waals surface area (Å²) >= 11 is 0. The van der Waals surface area contributed by atoms with Gasteiger partial charge in [0.1, 0.15) is 0 Å². The third kappa shape index (κ3) is 4.05. The van der Waals surface area contributed by atoms with Crippen molar-refractivity contribution >= 4 is 0 Å². The van der Waals surface area contributed by atoms with Crippen LogP contribution in [0.15, 0.2) is 24.5 Å². The van der Waals surface area contributed by atoms with E-state index in [0.717, 1.165) is 32.5 Å². The smallest absolute Gasteiger partial charge is 0.0582 e. The molecule has 4 nitrogen and oxygen atoms in total. The molecule has 4 heteroatoms. The maximum absolute atomic E-state index is 9.03. The van der Waals surface area contributed by atoms with E-state index in [0.29, 0.717) is 6.04 Å². The summed E-state index contributed by atoms with van der Waals surface area (Å²) in [6.07, 6.45) is 6.07. The highest BCUT2D eigenvalue weighted by atomic mass is 16.3. The summed E-state index contributed by atoms with van der Waals surface area (Å²) in [6.45, 7) is 5.48. The molecule has 1 fully saturated rings. The Bertz CT molecular complexity index is 336. The Morgan fingerprint density at radius 1 is 1.50 bits per heavy atom. The molecule has 18 heavy (non-hydrogen) atoms. The summed E-state index contributed by atoms with van der Waals surface area (Å²) in [5, 5.41) is 12.5. The number of rotatable bonds is 5. The van der Waals surface area contributed by atoms with Gasteiger partial charge < -0.3 is 10.4 Å². The first-order valence-corrected chi connectivity index (χ1v) is 6.76. The molecule has 0 saturated carbocycles. The van der Waals surface area contributed by atoms with Crippen molar-refractivity contribution in [3.05, 3.63) is 30.1 Å². The largest absolute Gasteiger partial charge is 0.395 e. The van der Waals surface area contributed by atoms with Gasteiger partial charge in [-0.1, -0.05) is 6.07 Å². The minimum atomic E-state index is 0.208. The second kappa shape index (κ2) is 6.83. The topological polar surface area (TPSA) is 48.4 Å². The molecule has 0 aromatic carbocycles. The van der Waals surface area contributed by atoms with Crippen molar-refractivity contribution < 1.29 is 5.11 Å². The van der Waals surface area contributed by atoms with Crippen molar-refractivity contribution in [3.63, 3.8) is 0 Å². The van der Waals surface area contributed by atoms with Crippen LogP contribution in [-0.4, -0.2) is 46.8 Å². The molecule has 0 aliphatic carbocycles. The van der Waals surface area contributed by atoms with E-state index in [4.69, 9.17) is 5.11 Å². The third-order valence-electron chi connectivity index (χ3n) is 3.51. The number of aromatic nitrogens is 1. The molecule has 2 rings (SSSR count). The maximum Gasteiger partial charge on any atom is 0.0582 e. The Kier molecular flexibility index (Phi) is 5.11. The van der Waals surface area contributed by atoms with E-state index in [1.807, 2.05) is 25.4 Å². The highest BCUT2D eigenvalue weighted by Crippen LogP contribution is 2.13. The van der Waals surface area contributed by atoms with Crippen LogP contribution in [0.4, 0.5) is 0 Å². The molecule has 1 aromatic rings. The number of nitrogens with zero attached hydrogens (tertiary/aromatic N) is 2. The number of likely N-dealkylation sites (tertiary alicyclic amines) is 1. The number of piperidine rings is 1. The van der Waals surface area contributed by atoms with E-state index in [1.165, 1.54) is 5.56 Å². The lowest BCUT2D eigenvalue weighted by molar-refractivity contribution is 0.170. The molecule has 1 saturated heterocycles. The number of nitrogens with one attached hydrogen (secondary N) is 1. The van der Waals surface area contributed by atoms with Crippen molar-refractivity contribution in [2.45, 2.75) is 38.4 Å². The van der Waals surface area contributed by atoms with Gasteiger partial charge in [-0.3, -0.25) is 9.88 Å². The van der Waals surface area contributed by atoms with E-state index in [2.05, 4.69) is 21.3 Å². The lowest BCUT2D eigenvalue weighted by Gasteiger charge is -2.33. The normalized spacial score (nSPS) is 19.9. The van der Waals surface area contributed by atoms with E-state index >= 15 is 0 Å².